The quantitative estimate of drug-likeness (QED) is 0.376. The average molecular weight is 428 g/mol. The van der Waals surface area contributed by atoms with Gasteiger partial charge in [0, 0.05) is 0 Å². The molecular weight excluding hydrogens is 404 g/mol. The van der Waals surface area contributed by atoms with Crippen molar-refractivity contribution in [3.63, 3.8) is 0 Å². The number of hydrogen-bond donors (Lipinski definition) is 0. The lowest BCUT2D eigenvalue weighted by molar-refractivity contribution is -0.0194. The monoisotopic (exact) mass is 428 g/mol. The second kappa shape index (κ2) is 9.23. The molecule has 1 nitrogen and oxygen atoms in total. The minimum Gasteiger partial charge on any atom is -0.373 e. The molecule has 1 heterocycles. The summed E-state index contributed by atoms with van der Waals surface area (Å²) in [6.45, 7) is 2.95. The van der Waals surface area contributed by atoms with E-state index >= 15 is 0 Å². The van der Waals surface area contributed by atoms with Crippen LogP contribution in [0.15, 0.2) is 54.6 Å². The second-order valence-corrected chi connectivity index (χ2v) is 8.12. The first-order valence-electron chi connectivity index (χ1n) is 10.6. The van der Waals surface area contributed by atoms with Gasteiger partial charge in [-0.1, -0.05) is 43.7 Å². The van der Waals surface area contributed by atoms with Crippen LogP contribution in [0.1, 0.15) is 44.3 Å². The second-order valence-electron chi connectivity index (χ2n) is 8.12. The predicted molar refractivity (Wildman–Crippen MR) is 113 cm³/mol. The minimum atomic E-state index is -1.15. The Labute approximate surface area is 179 Å². The van der Waals surface area contributed by atoms with Crippen molar-refractivity contribution in [1.29, 1.82) is 0 Å². The third kappa shape index (κ3) is 4.67. The number of hydrogen-bond acceptors (Lipinski definition) is 1. The summed E-state index contributed by atoms with van der Waals surface area (Å²) in [7, 11) is 0. The molecule has 0 spiro atoms. The summed E-state index contributed by atoms with van der Waals surface area (Å²) in [5, 5.41) is 0. The largest absolute Gasteiger partial charge is 0.373 e. The lowest BCUT2D eigenvalue weighted by Gasteiger charge is -2.29. The summed E-state index contributed by atoms with van der Waals surface area (Å²) in [5.41, 5.74) is 1.67. The van der Waals surface area contributed by atoms with E-state index < -0.39 is 23.3 Å². The van der Waals surface area contributed by atoms with E-state index in [2.05, 4.69) is 6.92 Å². The summed E-state index contributed by atoms with van der Waals surface area (Å²) >= 11 is 0. The highest BCUT2D eigenvalue weighted by Crippen LogP contribution is 2.35. The molecule has 0 saturated carbocycles. The van der Waals surface area contributed by atoms with E-state index in [0.717, 1.165) is 49.6 Å². The van der Waals surface area contributed by atoms with Crippen molar-refractivity contribution in [3.8, 4) is 22.3 Å². The van der Waals surface area contributed by atoms with E-state index in [-0.39, 0.29) is 17.2 Å². The van der Waals surface area contributed by atoms with Crippen LogP contribution in [0.5, 0.6) is 0 Å². The Morgan fingerprint density at radius 2 is 1.39 bits per heavy atom. The molecule has 162 valence electrons. The lowest BCUT2D eigenvalue weighted by Crippen LogP contribution is -2.20. The molecule has 2 unspecified atom stereocenters. The molecule has 31 heavy (non-hydrogen) atoms. The van der Waals surface area contributed by atoms with Gasteiger partial charge in [0.2, 0.25) is 0 Å². The zero-order chi connectivity index (χ0) is 22.0. The van der Waals surface area contributed by atoms with E-state index in [4.69, 9.17) is 4.74 Å². The van der Waals surface area contributed by atoms with E-state index in [9.17, 15) is 17.6 Å². The standard InChI is InChI=1S/C26H24F4O/c1-2-3-16-4-11-25(31-15-16)18-7-5-17(6-8-18)20-13-23(29)26(24(30)14-20)19-9-10-21(27)22(28)12-19/h5-10,12-14,16,25H,2-4,11,15H2,1H3. The molecule has 0 amide bonds. The molecule has 1 saturated heterocycles. The van der Waals surface area contributed by atoms with Gasteiger partial charge in [-0.2, -0.15) is 0 Å². The third-order valence-corrected chi connectivity index (χ3v) is 5.93. The van der Waals surface area contributed by atoms with Crippen molar-refractivity contribution in [2.75, 3.05) is 6.61 Å². The van der Waals surface area contributed by atoms with Crippen LogP contribution in [0, 0.1) is 29.2 Å². The Morgan fingerprint density at radius 1 is 0.742 bits per heavy atom. The highest BCUT2D eigenvalue weighted by molar-refractivity contribution is 5.72. The normalized spacial score (nSPS) is 18.9. The fourth-order valence-electron chi connectivity index (χ4n) is 4.26. The van der Waals surface area contributed by atoms with Gasteiger partial charge in [0.15, 0.2) is 11.6 Å². The molecule has 1 aliphatic heterocycles. The zero-order valence-electron chi connectivity index (χ0n) is 17.3. The summed E-state index contributed by atoms with van der Waals surface area (Å²) < 4.78 is 62.1. The molecule has 2 atom stereocenters. The number of rotatable bonds is 5. The van der Waals surface area contributed by atoms with Crippen LogP contribution < -0.4 is 0 Å². The first-order chi connectivity index (χ1) is 15.0. The van der Waals surface area contributed by atoms with Crippen LogP contribution >= 0.6 is 0 Å². The van der Waals surface area contributed by atoms with Crippen molar-refractivity contribution in [2.24, 2.45) is 5.92 Å². The zero-order valence-corrected chi connectivity index (χ0v) is 17.3. The maximum atomic E-state index is 14.7. The number of benzene rings is 3. The smallest absolute Gasteiger partial charge is 0.159 e. The number of ether oxygens (including phenoxy) is 1. The Kier molecular flexibility index (Phi) is 6.42. The highest BCUT2D eigenvalue weighted by Gasteiger charge is 2.22. The van der Waals surface area contributed by atoms with Gasteiger partial charge in [0.25, 0.3) is 0 Å². The fraction of sp³-hybridized carbons (Fsp3) is 0.308. The molecular formula is C26H24F4O. The SMILES string of the molecule is CCCC1CCC(c2ccc(-c3cc(F)c(-c4ccc(F)c(F)c4)c(F)c3)cc2)OC1. The molecule has 4 rings (SSSR count). The van der Waals surface area contributed by atoms with Gasteiger partial charge < -0.3 is 4.74 Å². The van der Waals surface area contributed by atoms with Crippen molar-refractivity contribution >= 4 is 0 Å². The van der Waals surface area contributed by atoms with Crippen LogP contribution in [0.4, 0.5) is 17.6 Å². The molecule has 3 aromatic carbocycles. The Bertz CT molecular complexity index is 1030. The molecule has 3 aromatic rings. The van der Waals surface area contributed by atoms with Crippen LogP contribution in [0.3, 0.4) is 0 Å². The van der Waals surface area contributed by atoms with Crippen molar-refractivity contribution in [1.82, 2.24) is 0 Å². The predicted octanol–water partition coefficient (Wildman–Crippen LogP) is 7.84. The maximum absolute atomic E-state index is 14.7. The van der Waals surface area contributed by atoms with E-state index in [0.29, 0.717) is 17.0 Å². The first kappa shape index (κ1) is 21.6. The van der Waals surface area contributed by atoms with Crippen molar-refractivity contribution in [2.45, 2.75) is 38.7 Å². The lowest BCUT2D eigenvalue weighted by atomic mass is 9.91. The van der Waals surface area contributed by atoms with Gasteiger partial charge in [-0.05, 0) is 71.7 Å². The molecule has 0 N–H and O–H groups in total. The summed E-state index contributed by atoms with van der Waals surface area (Å²) in [5.74, 6) is -3.25. The Balaban J connectivity index is 1.54. The van der Waals surface area contributed by atoms with Gasteiger partial charge >= 0.3 is 0 Å². The van der Waals surface area contributed by atoms with Gasteiger partial charge in [-0.15, -0.1) is 0 Å². The molecule has 1 fully saturated rings. The Hall–Kier alpha value is -2.66. The summed E-state index contributed by atoms with van der Waals surface area (Å²) in [6.07, 6.45) is 4.50. The van der Waals surface area contributed by atoms with Crippen LogP contribution in [-0.4, -0.2) is 6.61 Å². The average Bonchev–Trinajstić information content (AvgIpc) is 2.76. The fourth-order valence-corrected chi connectivity index (χ4v) is 4.26. The van der Waals surface area contributed by atoms with Gasteiger partial charge in [0.1, 0.15) is 11.6 Å². The topological polar surface area (TPSA) is 9.23 Å². The maximum Gasteiger partial charge on any atom is 0.159 e. The van der Waals surface area contributed by atoms with E-state index in [1.54, 1.807) is 0 Å². The molecule has 0 aliphatic carbocycles. The molecule has 0 aromatic heterocycles. The van der Waals surface area contributed by atoms with E-state index in [1.165, 1.54) is 18.6 Å². The third-order valence-electron chi connectivity index (χ3n) is 5.93. The Morgan fingerprint density at radius 3 is 1.97 bits per heavy atom. The van der Waals surface area contributed by atoms with Gasteiger partial charge in [-0.25, -0.2) is 17.6 Å². The van der Waals surface area contributed by atoms with Crippen molar-refractivity contribution < 1.29 is 22.3 Å². The van der Waals surface area contributed by atoms with Gasteiger partial charge in [-0.3, -0.25) is 0 Å². The van der Waals surface area contributed by atoms with E-state index in [1.807, 2.05) is 24.3 Å². The summed E-state index contributed by atoms with van der Waals surface area (Å²) in [4.78, 5) is 0. The van der Waals surface area contributed by atoms with Crippen molar-refractivity contribution in [3.05, 3.63) is 83.4 Å². The van der Waals surface area contributed by atoms with Crippen LogP contribution in [0.2, 0.25) is 0 Å². The summed E-state index contributed by atoms with van der Waals surface area (Å²) in [6, 6.07) is 12.7. The highest BCUT2D eigenvalue weighted by atomic mass is 19.2. The molecule has 5 heteroatoms. The first-order valence-corrected chi connectivity index (χ1v) is 10.6. The van der Waals surface area contributed by atoms with Gasteiger partial charge in [0.05, 0.1) is 18.3 Å². The molecule has 1 aliphatic rings. The molecule has 0 bridgehead atoms. The van der Waals surface area contributed by atoms with Crippen LogP contribution in [-0.2, 0) is 4.74 Å². The minimum absolute atomic E-state index is 0.0476. The van der Waals surface area contributed by atoms with Crippen LogP contribution in [0.25, 0.3) is 22.3 Å². The number of halogens is 4. The molecule has 0 radical (unpaired) electrons.